The number of thiophene rings is 1. The quantitative estimate of drug-likeness (QED) is 0.683. The molecule has 0 spiro atoms. The van der Waals surface area contributed by atoms with Gasteiger partial charge in [0.25, 0.3) is 5.56 Å². The summed E-state index contributed by atoms with van der Waals surface area (Å²) in [6, 6.07) is 7.22. The van der Waals surface area contributed by atoms with Crippen molar-refractivity contribution in [3.63, 3.8) is 0 Å². The molecule has 1 aliphatic carbocycles. The summed E-state index contributed by atoms with van der Waals surface area (Å²) in [5.41, 5.74) is 1.28. The van der Waals surface area contributed by atoms with Gasteiger partial charge in [0, 0.05) is 9.90 Å². The molecule has 0 saturated carbocycles. The van der Waals surface area contributed by atoms with Crippen LogP contribution < -0.4 is 10.3 Å². The first kappa shape index (κ1) is 16.6. The number of aromatic nitrogens is 2. The molecule has 130 valence electrons. The highest BCUT2D eigenvalue weighted by atomic mass is 35.5. The predicted molar refractivity (Wildman–Crippen MR) is 102 cm³/mol. The third-order valence-corrected chi connectivity index (χ3v) is 6.11. The molecule has 0 saturated heterocycles. The maximum Gasteiger partial charge on any atom is 0.262 e. The van der Waals surface area contributed by atoms with Crippen molar-refractivity contribution in [3.8, 4) is 5.75 Å². The second kappa shape index (κ2) is 6.81. The molecule has 0 amide bonds. The first-order valence-electron chi connectivity index (χ1n) is 8.50. The molecular weight excluding hydrogens is 356 g/mol. The number of aryl methyl sites for hydroxylation is 1. The van der Waals surface area contributed by atoms with Crippen molar-refractivity contribution in [1.29, 1.82) is 0 Å². The Morgan fingerprint density at radius 2 is 2.16 bits per heavy atom. The summed E-state index contributed by atoms with van der Waals surface area (Å²) >= 11 is 7.55. The van der Waals surface area contributed by atoms with Gasteiger partial charge in [0.1, 0.15) is 17.2 Å². The van der Waals surface area contributed by atoms with E-state index in [0.29, 0.717) is 24.1 Å². The Morgan fingerprint density at radius 3 is 2.96 bits per heavy atom. The minimum atomic E-state index is 0.0526. The first-order chi connectivity index (χ1) is 12.1. The van der Waals surface area contributed by atoms with Crippen molar-refractivity contribution in [3.05, 3.63) is 56.4 Å². The van der Waals surface area contributed by atoms with Crippen LogP contribution in [0, 0.1) is 5.92 Å². The third-order valence-electron chi connectivity index (χ3n) is 4.70. The van der Waals surface area contributed by atoms with E-state index in [1.54, 1.807) is 34.4 Å². The highest BCUT2D eigenvalue weighted by Crippen LogP contribution is 2.35. The van der Waals surface area contributed by atoms with Gasteiger partial charge in [-0.25, -0.2) is 4.98 Å². The lowest BCUT2D eigenvalue weighted by Gasteiger charge is -2.17. The van der Waals surface area contributed by atoms with Crippen LogP contribution in [0.5, 0.6) is 5.75 Å². The summed E-state index contributed by atoms with van der Waals surface area (Å²) in [4.78, 5) is 19.6. The normalized spacial score (nSPS) is 16.8. The van der Waals surface area contributed by atoms with E-state index in [1.165, 1.54) is 10.4 Å². The lowest BCUT2D eigenvalue weighted by atomic mass is 9.89. The van der Waals surface area contributed by atoms with Crippen molar-refractivity contribution < 1.29 is 4.74 Å². The molecule has 4 nitrogen and oxygen atoms in total. The van der Waals surface area contributed by atoms with Crippen molar-refractivity contribution in [2.24, 2.45) is 5.92 Å². The second-order valence-corrected chi connectivity index (χ2v) is 8.10. The Bertz CT molecular complexity index is 962. The Kier molecular flexibility index (Phi) is 4.52. The zero-order valence-corrected chi connectivity index (χ0v) is 15.6. The lowest BCUT2D eigenvalue weighted by molar-refractivity contribution is 0.296. The van der Waals surface area contributed by atoms with E-state index < -0.39 is 0 Å². The zero-order chi connectivity index (χ0) is 17.4. The summed E-state index contributed by atoms with van der Waals surface area (Å²) in [7, 11) is 0. The Labute approximate surface area is 155 Å². The van der Waals surface area contributed by atoms with Crippen LogP contribution in [0.25, 0.3) is 10.2 Å². The molecule has 1 atom stereocenters. The summed E-state index contributed by atoms with van der Waals surface area (Å²) in [6.07, 6.45) is 4.84. The molecule has 0 aliphatic heterocycles. The van der Waals surface area contributed by atoms with Crippen LogP contribution in [-0.2, 0) is 19.4 Å². The molecule has 0 fully saturated rings. The molecule has 1 unspecified atom stereocenters. The maximum absolute atomic E-state index is 12.9. The van der Waals surface area contributed by atoms with E-state index in [1.807, 2.05) is 12.1 Å². The fourth-order valence-corrected chi connectivity index (χ4v) is 4.78. The summed E-state index contributed by atoms with van der Waals surface area (Å²) in [6.45, 7) is 3.16. The van der Waals surface area contributed by atoms with E-state index in [0.717, 1.165) is 35.2 Å². The largest absolute Gasteiger partial charge is 0.492 e. The molecule has 2 heterocycles. The second-order valence-electron chi connectivity index (χ2n) is 6.58. The van der Waals surface area contributed by atoms with Gasteiger partial charge >= 0.3 is 0 Å². The monoisotopic (exact) mass is 374 g/mol. The molecule has 0 bridgehead atoms. The first-order valence-corrected chi connectivity index (χ1v) is 9.69. The molecule has 0 radical (unpaired) electrons. The smallest absolute Gasteiger partial charge is 0.262 e. The molecule has 3 aromatic rings. The summed E-state index contributed by atoms with van der Waals surface area (Å²) in [5.74, 6) is 1.43. The number of hydrogen-bond acceptors (Lipinski definition) is 4. The fourth-order valence-electron chi connectivity index (χ4n) is 3.32. The fraction of sp³-hybridized carbons (Fsp3) is 0.368. The topological polar surface area (TPSA) is 44.1 Å². The number of ether oxygens (including phenoxy) is 1. The lowest BCUT2D eigenvalue weighted by Crippen LogP contribution is -2.24. The van der Waals surface area contributed by atoms with Gasteiger partial charge < -0.3 is 4.74 Å². The van der Waals surface area contributed by atoms with Crippen molar-refractivity contribution >= 4 is 33.2 Å². The molecule has 6 heteroatoms. The van der Waals surface area contributed by atoms with Crippen LogP contribution in [0.2, 0.25) is 5.02 Å². The minimum Gasteiger partial charge on any atom is -0.492 e. The van der Waals surface area contributed by atoms with Gasteiger partial charge in [0.15, 0.2) is 0 Å². The molecule has 25 heavy (non-hydrogen) atoms. The van der Waals surface area contributed by atoms with Crippen molar-refractivity contribution in [2.45, 2.75) is 32.7 Å². The van der Waals surface area contributed by atoms with Crippen LogP contribution in [0.3, 0.4) is 0 Å². The number of halogens is 1. The molecule has 4 rings (SSSR count). The summed E-state index contributed by atoms with van der Waals surface area (Å²) < 4.78 is 7.35. The number of rotatable bonds is 4. The van der Waals surface area contributed by atoms with Gasteiger partial charge in [0.05, 0.1) is 18.3 Å². The van der Waals surface area contributed by atoms with Crippen LogP contribution >= 0.6 is 22.9 Å². The van der Waals surface area contributed by atoms with E-state index in [9.17, 15) is 4.79 Å². The van der Waals surface area contributed by atoms with Gasteiger partial charge in [0.2, 0.25) is 0 Å². The third kappa shape index (κ3) is 3.31. The molecular formula is C19H19ClN2O2S. The molecule has 1 aromatic carbocycles. The zero-order valence-electron chi connectivity index (χ0n) is 14.0. The Hall–Kier alpha value is -1.85. The maximum atomic E-state index is 12.9. The van der Waals surface area contributed by atoms with Crippen molar-refractivity contribution in [1.82, 2.24) is 9.55 Å². The number of fused-ring (bicyclic) bond motifs is 3. The van der Waals surface area contributed by atoms with E-state index in [2.05, 4.69) is 11.9 Å². The van der Waals surface area contributed by atoms with Gasteiger partial charge in [-0.15, -0.1) is 11.3 Å². The standard InChI is InChI=1S/C19H19ClN2O2S/c1-12-2-7-15-16(10-12)25-18-17(15)19(23)22(11-21-18)8-9-24-14-5-3-13(20)4-6-14/h3-6,11-12H,2,7-10H2,1H3. The average molecular weight is 375 g/mol. The minimum absolute atomic E-state index is 0.0526. The Morgan fingerprint density at radius 1 is 1.36 bits per heavy atom. The molecule has 0 N–H and O–H groups in total. The van der Waals surface area contributed by atoms with E-state index >= 15 is 0 Å². The van der Waals surface area contributed by atoms with Gasteiger partial charge in [-0.2, -0.15) is 0 Å². The van der Waals surface area contributed by atoms with Gasteiger partial charge in [-0.1, -0.05) is 18.5 Å². The van der Waals surface area contributed by atoms with E-state index in [-0.39, 0.29) is 5.56 Å². The van der Waals surface area contributed by atoms with Crippen LogP contribution in [0.1, 0.15) is 23.8 Å². The van der Waals surface area contributed by atoms with Gasteiger partial charge in [-0.05, 0) is 55.0 Å². The number of hydrogen-bond donors (Lipinski definition) is 0. The highest BCUT2D eigenvalue weighted by molar-refractivity contribution is 7.18. The SMILES string of the molecule is CC1CCc2c(sc3ncn(CCOc4ccc(Cl)cc4)c(=O)c23)C1. The van der Waals surface area contributed by atoms with Crippen LogP contribution in [0.4, 0.5) is 0 Å². The van der Waals surface area contributed by atoms with Gasteiger partial charge in [-0.3, -0.25) is 9.36 Å². The van der Waals surface area contributed by atoms with Crippen LogP contribution in [0.15, 0.2) is 35.4 Å². The number of nitrogens with zero attached hydrogens (tertiary/aromatic N) is 2. The predicted octanol–water partition coefficient (Wildman–Crippen LogP) is 4.32. The Balaban J connectivity index is 1.55. The average Bonchev–Trinajstić information content (AvgIpc) is 2.97. The highest BCUT2D eigenvalue weighted by Gasteiger charge is 2.23. The number of benzene rings is 1. The molecule has 2 aromatic heterocycles. The molecule has 1 aliphatic rings. The summed E-state index contributed by atoms with van der Waals surface area (Å²) in [5, 5.41) is 1.50. The van der Waals surface area contributed by atoms with Crippen LogP contribution in [-0.4, -0.2) is 16.2 Å². The van der Waals surface area contributed by atoms with E-state index in [4.69, 9.17) is 16.3 Å². The van der Waals surface area contributed by atoms with Crippen molar-refractivity contribution in [2.75, 3.05) is 6.61 Å².